The maximum atomic E-state index is 13.4. The van der Waals surface area contributed by atoms with Crippen LogP contribution in [0.4, 0.5) is 0 Å². The van der Waals surface area contributed by atoms with Crippen molar-refractivity contribution in [3.63, 3.8) is 0 Å². The summed E-state index contributed by atoms with van der Waals surface area (Å²) >= 11 is 6.18. The minimum atomic E-state index is -0.179. The van der Waals surface area contributed by atoms with Crippen molar-refractivity contribution in [3.05, 3.63) is 45.7 Å². The number of ether oxygens (including phenoxy) is 1. The topological polar surface area (TPSA) is 87.5 Å². The van der Waals surface area contributed by atoms with Crippen molar-refractivity contribution in [1.82, 2.24) is 24.1 Å². The fourth-order valence-electron chi connectivity index (χ4n) is 3.76. The van der Waals surface area contributed by atoms with Gasteiger partial charge in [-0.1, -0.05) is 16.8 Å². The minimum absolute atomic E-state index is 0.0601. The van der Waals surface area contributed by atoms with Crippen molar-refractivity contribution in [2.45, 2.75) is 32.2 Å². The molecule has 3 aromatic heterocycles. The maximum absolute atomic E-state index is 13.4. The molecule has 4 aromatic rings. The Labute approximate surface area is 164 Å². The highest BCUT2D eigenvalue weighted by Crippen LogP contribution is 2.28. The fraction of sp³-hybridized carbons (Fsp3) is 0.368. The average Bonchev–Trinajstić information content (AvgIpc) is 3.40. The maximum Gasteiger partial charge on any atom is 0.278 e. The third-order valence-electron chi connectivity index (χ3n) is 5.10. The number of hydrogen-bond acceptors (Lipinski definition) is 6. The predicted octanol–water partition coefficient (Wildman–Crippen LogP) is 3.44. The lowest BCUT2D eigenvalue weighted by molar-refractivity contribution is 0.192. The molecule has 9 heteroatoms. The summed E-state index contributed by atoms with van der Waals surface area (Å²) in [5.74, 6) is 0.942. The lowest BCUT2D eigenvalue weighted by Gasteiger charge is -2.15. The van der Waals surface area contributed by atoms with Crippen LogP contribution in [0, 0.1) is 0 Å². The van der Waals surface area contributed by atoms with E-state index in [1.165, 1.54) is 0 Å². The molecule has 0 saturated carbocycles. The van der Waals surface area contributed by atoms with Gasteiger partial charge in [0.1, 0.15) is 11.8 Å². The number of fused-ring (bicyclic) bond motifs is 3. The lowest BCUT2D eigenvalue weighted by Crippen LogP contribution is -2.24. The van der Waals surface area contributed by atoms with E-state index in [1.54, 1.807) is 27.4 Å². The molecule has 1 aromatic carbocycles. The molecule has 1 atom stereocenters. The molecule has 0 radical (unpaired) electrons. The first-order valence-electron chi connectivity index (χ1n) is 9.17. The van der Waals surface area contributed by atoms with Crippen LogP contribution in [0.3, 0.4) is 0 Å². The Hall–Kier alpha value is -2.71. The van der Waals surface area contributed by atoms with Gasteiger partial charge in [-0.2, -0.15) is 4.98 Å². The Morgan fingerprint density at radius 2 is 2.14 bits per heavy atom. The summed E-state index contributed by atoms with van der Waals surface area (Å²) in [4.78, 5) is 22.3. The first kappa shape index (κ1) is 17.4. The van der Waals surface area contributed by atoms with Crippen LogP contribution in [0.25, 0.3) is 28.1 Å². The molecule has 144 valence electrons. The molecule has 0 bridgehead atoms. The van der Waals surface area contributed by atoms with Crippen LogP contribution in [-0.2, 0) is 4.74 Å². The van der Waals surface area contributed by atoms with Gasteiger partial charge in [-0.05, 0) is 38.5 Å². The zero-order chi connectivity index (χ0) is 19.4. The SMILES string of the molecule is CC(C)n1c(=O)c2c(-c3nc(C4CCOC4)no3)ncn2c2ccc(Cl)cc21. The summed E-state index contributed by atoms with van der Waals surface area (Å²) in [7, 11) is 0. The fourth-order valence-corrected chi connectivity index (χ4v) is 3.92. The van der Waals surface area contributed by atoms with Gasteiger partial charge in [0.25, 0.3) is 11.4 Å². The second-order valence-corrected chi connectivity index (χ2v) is 7.67. The van der Waals surface area contributed by atoms with Crippen LogP contribution in [0.5, 0.6) is 0 Å². The van der Waals surface area contributed by atoms with Crippen LogP contribution >= 0.6 is 11.6 Å². The van der Waals surface area contributed by atoms with Gasteiger partial charge in [-0.3, -0.25) is 9.20 Å². The Kier molecular flexibility index (Phi) is 3.99. The van der Waals surface area contributed by atoms with E-state index in [0.717, 1.165) is 17.5 Å². The van der Waals surface area contributed by atoms with Crippen LogP contribution in [0.15, 0.2) is 33.8 Å². The van der Waals surface area contributed by atoms with Gasteiger partial charge in [0.05, 0.1) is 17.6 Å². The molecule has 1 aliphatic rings. The predicted molar refractivity (Wildman–Crippen MR) is 104 cm³/mol. The molecular weight excluding hydrogens is 382 g/mol. The largest absolute Gasteiger partial charge is 0.381 e. The highest BCUT2D eigenvalue weighted by Gasteiger charge is 2.26. The van der Waals surface area contributed by atoms with E-state index in [2.05, 4.69) is 15.1 Å². The number of benzene rings is 1. The minimum Gasteiger partial charge on any atom is -0.381 e. The summed E-state index contributed by atoms with van der Waals surface area (Å²) in [6, 6.07) is 5.41. The van der Waals surface area contributed by atoms with E-state index in [4.69, 9.17) is 20.9 Å². The first-order valence-corrected chi connectivity index (χ1v) is 9.55. The molecule has 1 unspecified atom stereocenters. The van der Waals surface area contributed by atoms with E-state index in [9.17, 15) is 4.79 Å². The quantitative estimate of drug-likeness (QED) is 0.524. The van der Waals surface area contributed by atoms with Crippen molar-refractivity contribution < 1.29 is 9.26 Å². The van der Waals surface area contributed by atoms with E-state index < -0.39 is 0 Å². The summed E-state index contributed by atoms with van der Waals surface area (Å²) < 4.78 is 14.3. The lowest BCUT2D eigenvalue weighted by atomic mass is 10.1. The summed E-state index contributed by atoms with van der Waals surface area (Å²) in [6.07, 6.45) is 2.46. The molecule has 8 nitrogen and oxygen atoms in total. The van der Waals surface area contributed by atoms with Gasteiger partial charge in [0.2, 0.25) is 0 Å². The Morgan fingerprint density at radius 1 is 1.29 bits per heavy atom. The molecule has 28 heavy (non-hydrogen) atoms. The van der Waals surface area contributed by atoms with Crippen LogP contribution < -0.4 is 5.56 Å². The molecule has 1 saturated heterocycles. The monoisotopic (exact) mass is 399 g/mol. The second kappa shape index (κ2) is 6.42. The number of hydrogen-bond donors (Lipinski definition) is 0. The molecule has 0 spiro atoms. The number of aromatic nitrogens is 5. The summed E-state index contributed by atoms with van der Waals surface area (Å²) in [5.41, 5.74) is 2.19. The zero-order valence-electron chi connectivity index (χ0n) is 15.4. The summed E-state index contributed by atoms with van der Waals surface area (Å²) in [6.45, 7) is 5.18. The third-order valence-corrected chi connectivity index (χ3v) is 5.34. The Balaban J connectivity index is 1.77. The third kappa shape index (κ3) is 2.56. The van der Waals surface area contributed by atoms with Crippen molar-refractivity contribution >= 4 is 28.2 Å². The Bertz CT molecular complexity index is 1250. The smallest absolute Gasteiger partial charge is 0.278 e. The number of rotatable bonds is 3. The van der Waals surface area contributed by atoms with Crippen LogP contribution in [0.2, 0.25) is 5.02 Å². The molecule has 0 amide bonds. The second-order valence-electron chi connectivity index (χ2n) is 7.23. The van der Waals surface area contributed by atoms with E-state index in [-0.39, 0.29) is 23.4 Å². The van der Waals surface area contributed by atoms with Crippen molar-refractivity contribution in [1.29, 1.82) is 0 Å². The molecule has 5 rings (SSSR count). The van der Waals surface area contributed by atoms with E-state index >= 15 is 0 Å². The molecule has 1 fully saturated rings. The van der Waals surface area contributed by atoms with Gasteiger partial charge in [-0.25, -0.2) is 4.98 Å². The van der Waals surface area contributed by atoms with Crippen LogP contribution in [-0.4, -0.2) is 37.3 Å². The van der Waals surface area contributed by atoms with E-state index in [1.807, 2.05) is 19.9 Å². The molecule has 1 aliphatic heterocycles. The first-order chi connectivity index (χ1) is 13.5. The Morgan fingerprint density at radius 3 is 2.89 bits per heavy atom. The molecular formula is C19H18ClN5O3. The number of imidazole rings is 1. The average molecular weight is 400 g/mol. The number of nitrogens with zero attached hydrogens (tertiary/aromatic N) is 5. The standard InChI is InChI=1S/C19H18ClN5O3/c1-10(2)25-14-7-12(20)3-4-13(14)24-9-21-15(16(24)19(25)26)18-22-17(23-28-18)11-5-6-27-8-11/h3-4,7,9-11H,5-6,8H2,1-2H3. The summed E-state index contributed by atoms with van der Waals surface area (Å²) in [5, 5.41) is 4.65. The van der Waals surface area contributed by atoms with Crippen molar-refractivity contribution in [2.75, 3.05) is 13.2 Å². The normalized spacial score (nSPS) is 17.4. The van der Waals surface area contributed by atoms with Gasteiger partial charge in [0, 0.05) is 23.6 Å². The van der Waals surface area contributed by atoms with Crippen molar-refractivity contribution in [3.8, 4) is 11.6 Å². The highest BCUT2D eigenvalue weighted by molar-refractivity contribution is 6.31. The van der Waals surface area contributed by atoms with Gasteiger partial charge in [0.15, 0.2) is 11.5 Å². The van der Waals surface area contributed by atoms with E-state index in [0.29, 0.717) is 35.3 Å². The molecule has 0 N–H and O–H groups in total. The highest BCUT2D eigenvalue weighted by atomic mass is 35.5. The molecule has 0 aliphatic carbocycles. The van der Waals surface area contributed by atoms with Gasteiger partial charge >= 0.3 is 0 Å². The van der Waals surface area contributed by atoms with Gasteiger partial charge in [-0.15, -0.1) is 0 Å². The zero-order valence-corrected chi connectivity index (χ0v) is 16.2. The molecule has 4 heterocycles. The van der Waals surface area contributed by atoms with Crippen molar-refractivity contribution in [2.24, 2.45) is 0 Å². The number of halogens is 1. The van der Waals surface area contributed by atoms with Crippen LogP contribution in [0.1, 0.15) is 38.1 Å². The van der Waals surface area contributed by atoms with Gasteiger partial charge < -0.3 is 13.8 Å².